The standard InChI is InChI=1S/C30H41FN2O3/c1-29-11-10-22-21-5-3-6-25(31)23(21)8-9-24(22)28(29)20(18-26(29)32-35)4-2-7-27(34)33-15-12-30(19-33)13-16-36-17-14-30/h3,5-6,20,22,24,28,35H,2,4,7-19H2,1H3/b32-26+/t20-,22?,24?,28?,29-/m1/s1. The van der Waals surface area contributed by atoms with Crippen molar-refractivity contribution in [2.24, 2.45) is 33.7 Å². The molecule has 0 radical (unpaired) electrons. The molecule has 1 aromatic rings. The van der Waals surface area contributed by atoms with Gasteiger partial charge in [-0.25, -0.2) is 4.39 Å². The molecule has 6 rings (SSSR count). The highest BCUT2D eigenvalue weighted by Crippen LogP contribution is 2.62. The van der Waals surface area contributed by atoms with E-state index in [0.717, 1.165) is 102 Å². The Bertz CT molecular complexity index is 1040. The van der Waals surface area contributed by atoms with E-state index in [1.54, 1.807) is 6.07 Å². The fourth-order valence-electron chi connectivity index (χ4n) is 9.11. The van der Waals surface area contributed by atoms with Crippen molar-refractivity contribution in [3.63, 3.8) is 0 Å². The first-order valence-corrected chi connectivity index (χ1v) is 14.3. The molecule has 2 aliphatic heterocycles. The minimum atomic E-state index is -0.0835. The number of oxime groups is 1. The Balaban J connectivity index is 1.13. The average Bonchev–Trinajstić information content (AvgIpc) is 3.42. The first-order chi connectivity index (χ1) is 17.4. The van der Waals surface area contributed by atoms with Crippen LogP contribution >= 0.6 is 0 Å². The zero-order chi connectivity index (χ0) is 24.9. The number of likely N-dealkylation sites (tertiary alicyclic amines) is 1. The highest BCUT2D eigenvalue weighted by atomic mass is 19.1. The van der Waals surface area contributed by atoms with Crippen molar-refractivity contribution < 1.29 is 19.1 Å². The summed E-state index contributed by atoms with van der Waals surface area (Å²) in [6.45, 7) is 5.76. The molecule has 5 aliphatic rings. The van der Waals surface area contributed by atoms with Crippen molar-refractivity contribution in [1.29, 1.82) is 0 Å². The van der Waals surface area contributed by atoms with E-state index in [4.69, 9.17) is 4.74 Å². The van der Waals surface area contributed by atoms with Crippen molar-refractivity contribution >= 4 is 11.6 Å². The third-order valence-corrected chi connectivity index (χ3v) is 11.0. The summed E-state index contributed by atoms with van der Waals surface area (Å²) in [5.74, 6) is 2.00. The molecule has 5 atom stereocenters. The lowest BCUT2D eigenvalue weighted by Crippen LogP contribution is -2.44. The van der Waals surface area contributed by atoms with Gasteiger partial charge in [-0.2, -0.15) is 0 Å². The van der Waals surface area contributed by atoms with Crippen LogP contribution in [0, 0.1) is 34.4 Å². The zero-order valence-electron chi connectivity index (χ0n) is 21.7. The van der Waals surface area contributed by atoms with Crippen LogP contribution in [0.4, 0.5) is 4.39 Å². The van der Waals surface area contributed by atoms with Crippen LogP contribution in [0.2, 0.25) is 0 Å². The molecule has 2 saturated heterocycles. The Morgan fingerprint density at radius 2 is 2.06 bits per heavy atom. The number of hydrogen-bond donors (Lipinski definition) is 1. The lowest BCUT2D eigenvalue weighted by molar-refractivity contribution is -0.131. The fourth-order valence-corrected chi connectivity index (χ4v) is 9.11. The number of nitrogens with zero attached hydrogens (tertiary/aromatic N) is 2. The Hall–Kier alpha value is -1.95. The van der Waals surface area contributed by atoms with Crippen LogP contribution in [0.5, 0.6) is 0 Å². The molecule has 36 heavy (non-hydrogen) atoms. The molecular formula is C30H41FN2O3. The Morgan fingerprint density at radius 1 is 1.22 bits per heavy atom. The maximum atomic E-state index is 14.6. The van der Waals surface area contributed by atoms with E-state index in [9.17, 15) is 14.4 Å². The zero-order valence-corrected chi connectivity index (χ0v) is 21.7. The summed E-state index contributed by atoms with van der Waals surface area (Å²) in [6.07, 6.45) is 10.4. The van der Waals surface area contributed by atoms with E-state index < -0.39 is 0 Å². The topological polar surface area (TPSA) is 62.1 Å². The molecule has 1 aromatic carbocycles. The van der Waals surface area contributed by atoms with Crippen LogP contribution in [-0.4, -0.2) is 48.0 Å². The third kappa shape index (κ3) is 3.99. The van der Waals surface area contributed by atoms with Gasteiger partial charge in [-0.05, 0) is 110 Å². The molecule has 5 nitrogen and oxygen atoms in total. The van der Waals surface area contributed by atoms with Gasteiger partial charge in [0.15, 0.2) is 0 Å². The van der Waals surface area contributed by atoms with Crippen LogP contribution in [0.25, 0.3) is 0 Å². The summed E-state index contributed by atoms with van der Waals surface area (Å²) in [7, 11) is 0. The van der Waals surface area contributed by atoms with Gasteiger partial charge in [0.05, 0.1) is 5.71 Å². The van der Waals surface area contributed by atoms with Crippen molar-refractivity contribution in [2.45, 2.75) is 83.5 Å². The van der Waals surface area contributed by atoms with Gasteiger partial charge in [0.1, 0.15) is 5.82 Å². The summed E-state index contributed by atoms with van der Waals surface area (Å²) in [5.41, 5.74) is 3.30. The second kappa shape index (κ2) is 9.41. The normalized spacial score (nSPS) is 36.1. The number of rotatable bonds is 4. The quantitative estimate of drug-likeness (QED) is 0.415. The van der Waals surface area contributed by atoms with Crippen LogP contribution in [0.15, 0.2) is 23.4 Å². The maximum Gasteiger partial charge on any atom is 0.222 e. The Kier molecular flexibility index (Phi) is 6.38. The van der Waals surface area contributed by atoms with Crippen LogP contribution in [0.3, 0.4) is 0 Å². The second-order valence-electron chi connectivity index (χ2n) is 12.7. The predicted octanol–water partition coefficient (Wildman–Crippen LogP) is 5.94. The monoisotopic (exact) mass is 496 g/mol. The van der Waals surface area contributed by atoms with Gasteiger partial charge in [0.25, 0.3) is 0 Å². The third-order valence-electron chi connectivity index (χ3n) is 11.0. The van der Waals surface area contributed by atoms with Gasteiger partial charge in [0.2, 0.25) is 5.91 Å². The van der Waals surface area contributed by atoms with Gasteiger partial charge >= 0.3 is 0 Å². The van der Waals surface area contributed by atoms with Crippen molar-refractivity contribution in [2.75, 3.05) is 26.3 Å². The molecule has 1 N–H and O–H groups in total. The lowest BCUT2D eigenvalue weighted by atomic mass is 9.54. The minimum absolute atomic E-state index is 0.0529. The number of carbonyl (C=O) groups excluding carboxylic acids is 1. The molecule has 2 heterocycles. The molecule has 4 fully saturated rings. The molecule has 3 unspecified atom stereocenters. The number of halogens is 1. The highest BCUT2D eigenvalue weighted by molar-refractivity contribution is 5.92. The molecule has 6 heteroatoms. The fraction of sp³-hybridized carbons (Fsp3) is 0.733. The van der Waals surface area contributed by atoms with Crippen LogP contribution in [0.1, 0.15) is 88.2 Å². The van der Waals surface area contributed by atoms with E-state index in [0.29, 0.717) is 41.4 Å². The van der Waals surface area contributed by atoms with Crippen molar-refractivity contribution in [3.8, 4) is 0 Å². The summed E-state index contributed by atoms with van der Waals surface area (Å²) >= 11 is 0. The van der Waals surface area contributed by atoms with Gasteiger partial charge in [-0.15, -0.1) is 0 Å². The molecular weight excluding hydrogens is 455 g/mol. The molecule has 0 bridgehead atoms. The molecule has 196 valence electrons. The number of ether oxygens (including phenoxy) is 1. The van der Waals surface area contributed by atoms with Gasteiger partial charge in [-0.1, -0.05) is 24.2 Å². The van der Waals surface area contributed by atoms with E-state index in [-0.39, 0.29) is 11.2 Å². The lowest BCUT2D eigenvalue weighted by Gasteiger charge is -2.50. The number of fused-ring (bicyclic) bond motifs is 5. The van der Waals surface area contributed by atoms with Gasteiger partial charge in [0, 0.05) is 38.1 Å². The summed E-state index contributed by atoms with van der Waals surface area (Å²) in [6, 6.07) is 5.61. The van der Waals surface area contributed by atoms with E-state index in [1.165, 1.54) is 5.56 Å². The summed E-state index contributed by atoms with van der Waals surface area (Å²) in [5, 5.41) is 13.7. The van der Waals surface area contributed by atoms with Crippen LogP contribution < -0.4 is 0 Å². The van der Waals surface area contributed by atoms with Crippen molar-refractivity contribution in [1.82, 2.24) is 4.90 Å². The highest BCUT2D eigenvalue weighted by Gasteiger charge is 2.57. The van der Waals surface area contributed by atoms with Gasteiger partial charge < -0.3 is 14.8 Å². The molecule has 1 amide bonds. The minimum Gasteiger partial charge on any atom is -0.411 e. The number of amides is 1. The predicted molar refractivity (Wildman–Crippen MR) is 137 cm³/mol. The largest absolute Gasteiger partial charge is 0.411 e. The maximum absolute atomic E-state index is 14.6. The second-order valence-corrected chi connectivity index (χ2v) is 12.7. The smallest absolute Gasteiger partial charge is 0.222 e. The molecule has 2 saturated carbocycles. The molecule has 1 spiro atoms. The average molecular weight is 497 g/mol. The Labute approximate surface area is 214 Å². The summed E-state index contributed by atoms with van der Waals surface area (Å²) in [4.78, 5) is 15.2. The Morgan fingerprint density at radius 3 is 2.86 bits per heavy atom. The van der Waals surface area contributed by atoms with E-state index in [1.807, 2.05) is 6.07 Å². The molecule has 3 aliphatic carbocycles. The number of hydrogen-bond acceptors (Lipinski definition) is 4. The first-order valence-electron chi connectivity index (χ1n) is 14.3. The van der Waals surface area contributed by atoms with E-state index in [2.05, 4.69) is 23.0 Å². The SMILES string of the molecule is C[C@]12CCC3c4cccc(F)c4CCC3C1[C@H](CCCC(=O)N1CCC3(CCOCC3)C1)C/C2=N\O. The molecule has 0 aromatic heterocycles. The summed E-state index contributed by atoms with van der Waals surface area (Å²) < 4.78 is 20.1. The van der Waals surface area contributed by atoms with E-state index >= 15 is 0 Å². The van der Waals surface area contributed by atoms with Crippen molar-refractivity contribution in [3.05, 3.63) is 35.1 Å². The van der Waals surface area contributed by atoms with Gasteiger partial charge in [-0.3, -0.25) is 4.79 Å². The van der Waals surface area contributed by atoms with Crippen LogP contribution in [-0.2, 0) is 16.0 Å². The number of carbonyl (C=O) groups is 1. The number of benzene rings is 1. The first kappa shape index (κ1) is 24.4.